The second-order valence-electron chi connectivity index (χ2n) is 10.3. The van der Waals surface area contributed by atoms with Gasteiger partial charge in [0.2, 0.25) is 5.69 Å². The van der Waals surface area contributed by atoms with Crippen molar-refractivity contribution < 1.29 is 14.3 Å². The van der Waals surface area contributed by atoms with Gasteiger partial charge in [0, 0.05) is 29.6 Å². The lowest BCUT2D eigenvalue weighted by atomic mass is 10.0. The highest BCUT2D eigenvalue weighted by atomic mass is 32.1. The number of hydrogen-bond acceptors (Lipinski definition) is 6. The fraction of sp³-hybridized carbons (Fsp3) is 0.357. The number of carbonyl (C=O) groups is 1. The molecule has 38 heavy (non-hydrogen) atoms. The molecule has 2 aromatic heterocycles. The molecule has 1 fully saturated rings. The fourth-order valence-corrected chi connectivity index (χ4v) is 5.98. The maximum atomic E-state index is 14.6. The Balaban J connectivity index is 1.58. The minimum Gasteiger partial charge on any atom is -0.389 e. The molecule has 1 amide bonds. The van der Waals surface area contributed by atoms with Gasteiger partial charge in [-0.3, -0.25) is 4.79 Å². The van der Waals surface area contributed by atoms with Crippen LogP contribution in [0.4, 0.5) is 10.1 Å². The first-order chi connectivity index (χ1) is 18.2. The second-order valence-corrected chi connectivity index (χ2v) is 11.3. The maximum Gasteiger partial charge on any atom is 0.264 e. The Hall–Kier alpha value is -3.65. The van der Waals surface area contributed by atoms with E-state index in [9.17, 15) is 14.3 Å². The van der Waals surface area contributed by atoms with Gasteiger partial charge in [-0.05, 0) is 69.1 Å². The van der Waals surface area contributed by atoms with E-state index >= 15 is 0 Å². The first-order valence-electron chi connectivity index (χ1n) is 12.5. The van der Waals surface area contributed by atoms with Crippen LogP contribution in [0.25, 0.3) is 37.4 Å². The van der Waals surface area contributed by atoms with E-state index in [1.165, 1.54) is 23.5 Å². The van der Waals surface area contributed by atoms with Crippen molar-refractivity contribution in [3.05, 3.63) is 64.6 Å². The molecule has 0 radical (unpaired) electrons. The van der Waals surface area contributed by atoms with Crippen molar-refractivity contribution in [3.8, 4) is 21.6 Å². The number of likely N-dealkylation sites (N-methyl/N-ethyl adjacent to an activating group) is 1. The van der Waals surface area contributed by atoms with Crippen molar-refractivity contribution in [1.82, 2.24) is 25.2 Å². The van der Waals surface area contributed by atoms with Crippen molar-refractivity contribution in [2.45, 2.75) is 44.9 Å². The number of amides is 1. The van der Waals surface area contributed by atoms with Crippen LogP contribution in [0.2, 0.25) is 0 Å². The highest BCUT2D eigenvalue weighted by Gasteiger charge is 2.27. The van der Waals surface area contributed by atoms with Crippen LogP contribution >= 0.6 is 11.3 Å². The van der Waals surface area contributed by atoms with Crippen LogP contribution < -0.4 is 5.32 Å². The van der Waals surface area contributed by atoms with Gasteiger partial charge < -0.3 is 15.3 Å². The molecule has 5 rings (SSSR count). The number of rotatable bonds is 6. The van der Waals surface area contributed by atoms with Crippen LogP contribution in [0.15, 0.2) is 42.5 Å². The number of aliphatic hydroxyl groups is 1. The first-order valence-corrected chi connectivity index (χ1v) is 13.3. The number of aromatic nitrogens is 3. The largest absolute Gasteiger partial charge is 0.389 e. The van der Waals surface area contributed by atoms with E-state index in [4.69, 9.17) is 6.57 Å². The SMILES string of the molecule is [C-]#[N+]c1ccc(-c2cc(C(=O)N3CCCC(NC)C3)sc2-c2ccc3c(c2)nnn3CC(C)(C)O)cc1F. The molecule has 1 saturated heterocycles. The zero-order chi connectivity index (χ0) is 27.0. The highest BCUT2D eigenvalue weighted by molar-refractivity contribution is 7.18. The third-order valence-electron chi connectivity index (χ3n) is 6.75. The van der Waals surface area contributed by atoms with Gasteiger partial charge in [-0.25, -0.2) is 13.9 Å². The van der Waals surface area contributed by atoms with Gasteiger partial charge in [0.1, 0.15) is 11.3 Å². The van der Waals surface area contributed by atoms with E-state index < -0.39 is 11.4 Å². The average Bonchev–Trinajstić information content (AvgIpc) is 3.52. The number of nitrogens with zero attached hydrogens (tertiary/aromatic N) is 5. The number of thiophene rings is 1. The zero-order valence-corrected chi connectivity index (χ0v) is 22.3. The summed E-state index contributed by atoms with van der Waals surface area (Å²) in [5, 5.41) is 22.0. The molecule has 2 N–H and O–H groups in total. The molecule has 0 saturated carbocycles. The number of piperidine rings is 1. The van der Waals surface area contributed by atoms with Gasteiger partial charge in [0.05, 0.1) is 29.1 Å². The zero-order valence-electron chi connectivity index (χ0n) is 21.5. The number of halogens is 1. The van der Waals surface area contributed by atoms with Crippen molar-refractivity contribution in [1.29, 1.82) is 0 Å². The molecular weight excluding hydrogens is 503 g/mol. The summed E-state index contributed by atoms with van der Waals surface area (Å²) in [5.74, 6) is -0.640. The summed E-state index contributed by atoms with van der Waals surface area (Å²) in [6.45, 7) is 12.2. The summed E-state index contributed by atoms with van der Waals surface area (Å²) < 4.78 is 16.3. The third-order valence-corrected chi connectivity index (χ3v) is 7.92. The smallest absolute Gasteiger partial charge is 0.264 e. The first kappa shape index (κ1) is 26.0. The molecular formula is C28H29FN6O2S. The van der Waals surface area contributed by atoms with E-state index in [0.717, 1.165) is 34.4 Å². The Labute approximate surface area is 224 Å². The minimum absolute atomic E-state index is 0.0434. The predicted octanol–water partition coefficient (Wildman–Crippen LogP) is 5.11. The predicted molar refractivity (Wildman–Crippen MR) is 147 cm³/mol. The second kappa shape index (κ2) is 10.3. The molecule has 0 spiro atoms. The lowest BCUT2D eigenvalue weighted by Gasteiger charge is -2.32. The van der Waals surface area contributed by atoms with E-state index in [2.05, 4.69) is 20.5 Å². The van der Waals surface area contributed by atoms with Crippen LogP contribution in [-0.4, -0.2) is 62.7 Å². The number of nitrogens with one attached hydrogen (secondary N) is 1. The quantitative estimate of drug-likeness (QED) is 0.337. The standard InChI is InChI=1S/C28H29FN6O2S/c1-28(2,37)16-35-24-10-8-18(13-23(24)32-33-35)26-20(17-7-9-22(31-4)21(29)12-17)14-25(38-26)27(36)34-11-5-6-19(15-34)30-3/h7-10,12-14,19,30,37H,5-6,11,15-16H2,1-3H3. The molecule has 1 aliphatic rings. The molecule has 8 nitrogen and oxygen atoms in total. The van der Waals surface area contributed by atoms with Crippen LogP contribution in [0.5, 0.6) is 0 Å². The minimum atomic E-state index is -0.947. The molecule has 196 valence electrons. The topological polar surface area (TPSA) is 87.6 Å². The van der Waals surface area contributed by atoms with E-state index in [1.807, 2.05) is 36.2 Å². The number of benzene rings is 2. The normalized spacial score (nSPS) is 16.1. The molecule has 1 atom stereocenters. The van der Waals surface area contributed by atoms with Crippen LogP contribution in [0.3, 0.4) is 0 Å². The van der Waals surface area contributed by atoms with Crippen LogP contribution in [0.1, 0.15) is 36.4 Å². The van der Waals surface area contributed by atoms with Gasteiger partial charge in [-0.1, -0.05) is 23.4 Å². The number of fused-ring (bicyclic) bond motifs is 1. The number of likely N-dealkylation sites (tertiary alicyclic amines) is 1. The Bertz CT molecular complexity index is 1550. The fourth-order valence-electron chi connectivity index (χ4n) is 4.84. The summed E-state index contributed by atoms with van der Waals surface area (Å²) in [6.07, 6.45) is 1.96. The van der Waals surface area contributed by atoms with Gasteiger partial charge in [0.25, 0.3) is 5.91 Å². The van der Waals surface area contributed by atoms with Crippen molar-refractivity contribution in [3.63, 3.8) is 0 Å². The summed E-state index contributed by atoms with van der Waals surface area (Å²) in [5.41, 5.74) is 2.59. The Kier molecular flexibility index (Phi) is 7.01. The average molecular weight is 533 g/mol. The monoisotopic (exact) mass is 532 g/mol. The lowest BCUT2D eigenvalue weighted by Crippen LogP contribution is -2.46. The lowest BCUT2D eigenvalue weighted by molar-refractivity contribution is 0.0584. The molecule has 0 aliphatic carbocycles. The summed E-state index contributed by atoms with van der Waals surface area (Å²) in [7, 11) is 1.91. The summed E-state index contributed by atoms with van der Waals surface area (Å²) >= 11 is 1.37. The Morgan fingerprint density at radius 1 is 1.26 bits per heavy atom. The Morgan fingerprint density at radius 2 is 2.05 bits per heavy atom. The van der Waals surface area contributed by atoms with E-state index in [-0.39, 0.29) is 17.6 Å². The van der Waals surface area contributed by atoms with E-state index in [0.29, 0.717) is 35.6 Å². The summed E-state index contributed by atoms with van der Waals surface area (Å²) in [6, 6.07) is 12.3. The maximum absolute atomic E-state index is 14.6. The Morgan fingerprint density at radius 3 is 2.76 bits per heavy atom. The van der Waals surface area contributed by atoms with Gasteiger partial charge in [-0.15, -0.1) is 16.4 Å². The van der Waals surface area contributed by atoms with Crippen molar-refractivity contribution in [2.24, 2.45) is 0 Å². The summed E-state index contributed by atoms with van der Waals surface area (Å²) in [4.78, 5) is 20.0. The molecule has 1 aliphatic heterocycles. The molecule has 3 heterocycles. The molecule has 2 aromatic carbocycles. The highest BCUT2D eigenvalue weighted by Crippen LogP contribution is 2.41. The van der Waals surface area contributed by atoms with Crippen molar-refractivity contribution in [2.75, 3.05) is 20.1 Å². The number of hydrogen-bond donors (Lipinski definition) is 2. The van der Waals surface area contributed by atoms with Crippen LogP contribution in [0, 0.1) is 12.4 Å². The van der Waals surface area contributed by atoms with E-state index in [1.54, 1.807) is 24.6 Å². The van der Waals surface area contributed by atoms with Crippen molar-refractivity contribution >= 4 is 34.0 Å². The molecule has 1 unspecified atom stereocenters. The molecule has 0 bridgehead atoms. The van der Waals surface area contributed by atoms with Gasteiger partial charge in [-0.2, -0.15) is 0 Å². The molecule has 10 heteroatoms. The van der Waals surface area contributed by atoms with Crippen LogP contribution in [-0.2, 0) is 6.54 Å². The van der Waals surface area contributed by atoms with Gasteiger partial charge in [0.15, 0.2) is 0 Å². The number of carbonyl (C=O) groups excluding carboxylic acids is 1. The molecule has 4 aromatic rings. The van der Waals surface area contributed by atoms with Gasteiger partial charge >= 0.3 is 0 Å². The third kappa shape index (κ3) is 5.18.